The fraction of sp³-hybridized carbons (Fsp3) is 0.231. The summed E-state index contributed by atoms with van der Waals surface area (Å²) >= 11 is 12.3. The van der Waals surface area contributed by atoms with E-state index in [-0.39, 0.29) is 10.7 Å². The summed E-state index contributed by atoms with van der Waals surface area (Å²) in [4.78, 5) is 20.5. The minimum absolute atomic E-state index is 0.00212. The van der Waals surface area contributed by atoms with Crippen molar-refractivity contribution in [1.29, 1.82) is 0 Å². The topological polar surface area (TPSA) is 87.3 Å². The number of carbonyl (C=O) groups excluding carboxylic acids is 1. The molecule has 7 nitrogen and oxygen atoms in total. The minimum atomic E-state index is -1.19. The van der Waals surface area contributed by atoms with Crippen LogP contribution in [-0.2, 0) is 8.98 Å². The molecular formula is C13H11Cl2N3O4S. The molecule has 0 aliphatic rings. The molecule has 0 radical (unpaired) electrons. The first kappa shape index (κ1) is 17.6. The minimum Gasteiger partial charge on any atom is -0.384 e. The number of aromatic nitrogens is 2. The van der Waals surface area contributed by atoms with Crippen LogP contribution in [0.4, 0.5) is 5.69 Å². The number of nitro groups is 1. The van der Waals surface area contributed by atoms with E-state index in [2.05, 4.69) is 5.10 Å². The van der Waals surface area contributed by atoms with Gasteiger partial charge in [0.15, 0.2) is 10.5 Å². The van der Waals surface area contributed by atoms with Crippen molar-refractivity contribution < 1.29 is 13.9 Å². The standard InChI is InChI=1S/C13H11Cl2N3O4S/c1-7-5-3-4-6-9(7)17-10(12(14)15)11(18(20)21)13(16-17)23-22-8(2)19/h3-6,12H,1-2H3. The van der Waals surface area contributed by atoms with Crippen LogP contribution in [0, 0.1) is 17.0 Å². The van der Waals surface area contributed by atoms with Crippen molar-refractivity contribution in [2.24, 2.45) is 0 Å². The van der Waals surface area contributed by atoms with E-state index < -0.39 is 21.4 Å². The molecule has 0 saturated carbocycles. The van der Waals surface area contributed by atoms with Gasteiger partial charge in [0.1, 0.15) is 12.0 Å². The summed E-state index contributed by atoms with van der Waals surface area (Å²) in [6, 6.07) is 7.13. The number of rotatable bonds is 5. The maximum atomic E-state index is 11.4. The second-order valence-electron chi connectivity index (χ2n) is 4.45. The Bertz CT molecular complexity index is 764. The number of nitrogens with zero attached hydrogens (tertiary/aromatic N) is 3. The van der Waals surface area contributed by atoms with E-state index in [0.717, 1.165) is 5.56 Å². The van der Waals surface area contributed by atoms with Crippen LogP contribution >= 0.6 is 35.2 Å². The molecule has 0 saturated heterocycles. The van der Waals surface area contributed by atoms with Crippen LogP contribution in [0.25, 0.3) is 5.69 Å². The third kappa shape index (κ3) is 3.77. The molecular weight excluding hydrogens is 365 g/mol. The molecule has 23 heavy (non-hydrogen) atoms. The molecule has 1 heterocycles. The first-order valence-corrected chi connectivity index (χ1v) is 7.91. The lowest BCUT2D eigenvalue weighted by Gasteiger charge is -2.09. The molecule has 0 bridgehead atoms. The molecule has 0 fully saturated rings. The number of benzene rings is 1. The van der Waals surface area contributed by atoms with E-state index in [0.29, 0.717) is 17.7 Å². The summed E-state index contributed by atoms with van der Waals surface area (Å²) < 4.78 is 6.04. The summed E-state index contributed by atoms with van der Waals surface area (Å²) in [5.41, 5.74) is 1.02. The highest BCUT2D eigenvalue weighted by molar-refractivity contribution is 7.95. The predicted octanol–water partition coefficient (Wildman–Crippen LogP) is 4.14. The Balaban J connectivity index is 2.67. The highest BCUT2D eigenvalue weighted by Gasteiger charge is 2.34. The van der Waals surface area contributed by atoms with Crippen LogP contribution in [0.3, 0.4) is 0 Å². The van der Waals surface area contributed by atoms with Gasteiger partial charge in [0.25, 0.3) is 0 Å². The van der Waals surface area contributed by atoms with Crippen LogP contribution in [0.2, 0.25) is 0 Å². The van der Waals surface area contributed by atoms with E-state index >= 15 is 0 Å². The molecule has 1 aromatic carbocycles. The zero-order valence-electron chi connectivity index (χ0n) is 12.0. The van der Waals surface area contributed by atoms with Crippen molar-refractivity contribution in [2.75, 3.05) is 0 Å². The van der Waals surface area contributed by atoms with Gasteiger partial charge in [0, 0.05) is 6.92 Å². The summed E-state index contributed by atoms with van der Waals surface area (Å²) in [6.07, 6.45) is 0. The first-order chi connectivity index (χ1) is 10.8. The second-order valence-corrected chi connectivity index (χ2v) is 6.27. The van der Waals surface area contributed by atoms with Crippen LogP contribution in [0.1, 0.15) is 23.0 Å². The summed E-state index contributed by atoms with van der Waals surface area (Å²) in [5, 5.41) is 15.4. The molecule has 0 aliphatic carbocycles. The highest BCUT2D eigenvalue weighted by Crippen LogP contribution is 2.41. The molecule has 0 amide bonds. The molecule has 0 spiro atoms. The Morgan fingerprint density at radius 2 is 2.09 bits per heavy atom. The fourth-order valence-corrected chi connectivity index (χ4v) is 2.87. The number of alkyl halides is 2. The smallest absolute Gasteiger partial charge is 0.330 e. The van der Waals surface area contributed by atoms with E-state index in [1.165, 1.54) is 11.6 Å². The van der Waals surface area contributed by atoms with E-state index in [9.17, 15) is 14.9 Å². The molecule has 1 aromatic heterocycles. The van der Waals surface area contributed by atoms with Crippen LogP contribution in [0.5, 0.6) is 0 Å². The van der Waals surface area contributed by atoms with Crippen molar-refractivity contribution in [3.63, 3.8) is 0 Å². The fourth-order valence-electron chi connectivity index (χ4n) is 1.91. The van der Waals surface area contributed by atoms with Gasteiger partial charge >= 0.3 is 11.7 Å². The van der Waals surface area contributed by atoms with Gasteiger partial charge in [-0.2, -0.15) is 0 Å². The lowest BCUT2D eigenvalue weighted by atomic mass is 10.2. The average Bonchev–Trinajstić information content (AvgIpc) is 2.85. The Morgan fingerprint density at radius 1 is 1.43 bits per heavy atom. The Hall–Kier alpha value is -1.77. The highest BCUT2D eigenvalue weighted by atomic mass is 35.5. The first-order valence-electron chi connectivity index (χ1n) is 6.29. The van der Waals surface area contributed by atoms with Crippen molar-refractivity contribution in [1.82, 2.24) is 9.78 Å². The number of carbonyl (C=O) groups is 1. The third-order valence-corrected chi connectivity index (χ3v) is 4.00. The van der Waals surface area contributed by atoms with Gasteiger partial charge in [0.05, 0.1) is 10.6 Å². The summed E-state index contributed by atoms with van der Waals surface area (Å²) in [6.45, 7) is 3.01. The molecule has 2 rings (SSSR count). The zero-order valence-corrected chi connectivity index (χ0v) is 14.4. The molecule has 0 N–H and O–H groups in total. The van der Waals surface area contributed by atoms with Crippen molar-refractivity contribution in [3.05, 3.63) is 45.6 Å². The van der Waals surface area contributed by atoms with Crippen LogP contribution < -0.4 is 0 Å². The van der Waals surface area contributed by atoms with E-state index in [1.54, 1.807) is 12.1 Å². The number of aryl methyl sites for hydroxylation is 1. The zero-order chi connectivity index (χ0) is 17.1. The van der Waals surface area contributed by atoms with Gasteiger partial charge in [-0.05, 0) is 18.6 Å². The van der Waals surface area contributed by atoms with Crippen molar-refractivity contribution in [3.8, 4) is 5.69 Å². The number of halogens is 2. The summed E-state index contributed by atoms with van der Waals surface area (Å²) in [5.74, 6) is -0.607. The number of para-hydroxylation sites is 1. The second kappa shape index (κ2) is 7.20. The Morgan fingerprint density at radius 3 is 2.61 bits per heavy atom. The number of hydrogen-bond donors (Lipinski definition) is 0. The van der Waals surface area contributed by atoms with Gasteiger partial charge in [-0.1, -0.05) is 41.4 Å². The van der Waals surface area contributed by atoms with Gasteiger partial charge in [0.2, 0.25) is 5.03 Å². The third-order valence-electron chi connectivity index (χ3n) is 2.84. The van der Waals surface area contributed by atoms with Crippen LogP contribution in [-0.4, -0.2) is 20.7 Å². The molecule has 0 atom stereocenters. The van der Waals surface area contributed by atoms with Crippen molar-refractivity contribution in [2.45, 2.75) is 23.7 Å². The maximum absolute atomic E-state index is 11.4. The Labute approximate surface area is 145 Å². The van der Waals surface area contributed by atoms with Gasteiger partial charge in [-0.15, -0.1) is 5.10 Å². The van der Waals surface area contributed by atoms with Gasteiger partial charge < -0.3 is 4.18 Å². The van der Waals surface area contributed by atoms with Crippen LogP contribution in [0.15, 0.2) is 29.3 Å². The monoisotopic (exact) mass is 375 g/mol. The average molecular weight is 376 g/mol. The predicted molar refractivity (Wildman–Crippen MR) is 87.0 cm³/mol. The lowest BCUT2D eigenvalue weighted by Crippen LogP contribution is -2.05. The van der Waals surface area contributed by atoms with Gasteiger partial charge in [-0.3, -0.25) is 14.9 Å². The molecule has 0 aliphatic heterocycles. The molecule has 2 aromatic rings. The molecule has 0 unspecified atom stereocenters. The van der Waals surface area contributed by atoms with Gasteiger partial charge in [-0.25, -0.2) is 4.68 Å². The molecule has 10 heteroatoms. The Kier molecular flexibility index (Phi) is 5.51. The number of hydrogen-bond acceptors (Lipinski definition) is 6. The molecule has 122 valence electrons. The van der Waals surface area contributed by atoms with E-state index in [4.69, 9.17) is 27.4 Å². The summed E-state index contributed by atoms with van der Waals surface area (Å²) in [7, 11) is 0. The SMILES string of the molecule is CC(=O)OSc1nn(-c2ccccc2C)c(C(Cl)Cl)c1[N+](=O)[O-]. The normalized spacial score (nSPS) is 10.8. The maximum Gasteiger partial charge on any atom is 0.330 e. The lowest BCUT2D eigenvalue weighted by molar-refractivity contribution is -0.388. The quantitative estimate of drug-likeness (QED) is 0.337. The van der Waals surface area contributed by atoms with E-state index in [1.807, 2.05) is 19.1 Å². The van der Waals surface area contributed by atoms with Crippen molar-refractivity contribution >= 4 is 46.9 Å². The largest absolute Gasteiger partial charge is 0.384 e.